The zero-order valence-electron chi connectivity index (χ0n) is 17.5. The molecule has 4 rings (SSSR count). The Balaban J connectivity index is 1.98. The van der Waals surface area contributed by atoms with Gasteiger partial charge >= 0.3 is 5.63 Å². The van der Waals surface area contributed by atoms with Crippen molar-refractivity contribution in [1.29, 1.82) is 0 Å². The Labute approximate surface area is 180 Å². The molecule has 0 bridgehead atoms. The van der Waals surface area contributed by atoms with Crippen LogP contribution in [0, 0.1) is 0 Å². The molecule has 0 saturated heterocycles. The van der Waals surface area contributed by atoms with Crippen molar-refractivity contribution in [3.63, 3.8) is 0 Å². The van der Waals surface area contributed by atoms with Gasteiger partial charge in [0, 0.05) is 17.5 Å². The Bertz CT molecular complexity index is 1280. The van der Waals surface area contributed by atoms with Crippen LogP contribution in [0.5, 0.6) is 5.75 Å². The number of anilines is 1. The molecule has 0 radical (unpaired) electrons. The van der Waals surface area contributed by atoms with Crippen molar-refractivity contribution in [2.24, 2.45) is 0 Å². The van der Waals surface area contributed by atoms with Gasteiger partial charge in [-0.25, -0.2) is 4.79 Å². The molecule has 0 spiro atoms. The molecule has 0 atom stereocenters. The molecule has 0 aliphatic rings. The van der Waals surface area contributed by atoms with Crippen LogP contribution in [0.2, 0.25) is 0 Å². The maximum atomic E-state index is 13.8. The number of amides is 1. The third-order valence-corrected chi connectivity index (χ3v) is 5.16. The van der Waals surface area contributed by atoms with E-state index in [2.05, 4.69) is 0 Å². The van der Waals surface area contributed by atoms with Gasteiger partial charge in [-0.05, 0) is 30.2 Å². The number of rotatable bonds is 6. The summed E-state index contributed by atoms with van der Waals surface area (Å²) >= 11 is 0. The van der Waals surface area contributed by atoms with E-state index in [4.69, 9.17) is 9.15 Å². The summed E-state index contributed by atoms with van der Waals surface area (Å²) in [4.78, 5) is 28.2. The second-order valence-corrected chi connectivity index (χ2v) is 7.13. The van der Waals surface area contributed by atoms with Crippen molar-refractivity contribution >= 4 is 22.4 Å². The maximum Gasteiger partial charge on any atom is 0.344 e. The minimum absolute atomic E-state index is 0.0225. The molecule has 1 heterocycles. The molecule has 0 fully saturated rings. The summed E-state index contributed by atoms with van der Waals surface area (Å²) in [6, 6.07) is 24.0. The highest BCUT2D eigenvalue weighted by Gasteiger charge is 2.27. The molecule has 156 valence electrons. The highest BCUT2D eigenvalue weighted by molar-refractivity contribution is 6.13. The second-order valence-electron chi connectivity index (χ2n) is 7.13. The first kappa shape index (κ1) is 20.4. The van der Waals surface area contributed by atoms with Crippen LogP contribution in [0.4, 0.5) is 5.69 Å². The summed E-state index contributed by atoms with van der Waals surface area (Å²) in [7, 11) is 1.57. The number of hydrogen-bond acceptors (Lipinski definition) is 4. The van der Waals surface area contributed by atoms with E-state index >= 15 is 0 Å². The number of hydrogen-bond donors (Lipinski definition) is 0. The Kier molecular flexibility index (Phi) is 5.85. The Morgan fingerprint density at radius 2 is 1.55 bits per heavy atom. The largest absolute Gasteiger partial charge is 0.495 e. The molecular weight excluding hydrogens is 390 g/mol. The maximum absolute atomic E-state index is 13.8. The lowest BCUT2D eigenvalue weighted by atomic mass is 9.97. The first-order valence-electron chi connectivity index (χ1n) is 10.2. The number of carbonyl (C=O) groups excluding carboxylic acids is 1. The summed E-state index contributed by atoms with van der Waals surface area (Å²) in [5.74, 6) is 0.219. The van der Waals surface area contributed by atoms with Crippen molar-refractivity contribution < 1.29 is 13.9 Å². The van der Waals surface area contributed by atoms with E-state index in [0.717, 1.165) is 12.0 Å². The van der Waals surface area contributed by atoms with Gasteiger partial charge in [-0.2, -0.15) is 0 Å². The van der Waals surface area contributed by atoms with Crippen LogP contribution in [0.15, 0.2) is 88.1 Å². The van der Waals surface area contributed by atoms with E-state index in [1.54, 1.807) is 30.2 Å². The Morgan fingerprint density at radius 3 is 2.26 bits per heavy atom. The van der Waals surface area contributed by atoms with Gasteiger partial charge in [-0.3, -0.25) is 4.79 Å². The molecule has 0 aliphatic carbocycles. The van der Waals surface area contributed by atoms with E-state index < -0.39 is 5.63 Å². The van der Waals surface area contributed by atoms with Gasteiger partial charge in [0.2, 0.25) is 5.76 Å². The molecule has 0 aliphatic heterocycles. The molecule has 1 aromatic heterocycles. The van der Waals surface area contributed by atoms with Gasteiger partial charge in [0.15, 0.2) is 0 Å². The third kappa shape index (κ3) is 3.82. The SMILES string of the molecule is CCCN(C(=O)c1oc(=O)c2ccccc2c1-c1ccccc1)c1ccccc1OC. The number of para-hydroxylation sites is 2. The molecule has 4 aromatic rings. The van der Waals surface area contributed by atoms with Crippen molar-refractivity contribution in [3.8, 4) is 16.9 Å². The van der Waals surface area contributed by atoms with Crippen LogP contribution in [0.25, 0.3) is 21.9 Å². The fourth-order valence-corrected chi connectivity index (χ4v) is 3.77. The quantitative estimate of drug-likeness (QED) is 0.417. The molecule has 0 unspecified atom stereocenters. The summed E-state index contributed by atoms with van der Waals surface area (Å²) in [5.41, 5.74) is 1.51. The molecule has 3 aromatic carbocycles. The molecule has 5 nitrogen and oxygen atoms in total. The van der Waals surface area contributed by atoms with Gasteiger partial charge in [0.05, 0.1) is 18.2 Å². The number of ether oxygens (including phenoxy) is 1. The number of carbonyl (C=O) groups is 1. The fourth-order valence-electron chi connectivity index (χ4n) is 3.77. The van der Waals surface area contributed by atoms with E-state index in [0.29, 0.717) is 34.3 Å². The van der Waals surface area contributed by atoms with Crippen molar-refractivity contribution in [2.75, 3.05) is 18.6 Å². The fraction of sp³-hybridized carbons (Fsp3) is 0.154. The molecular formula is C26H23NO4. The lowest BCUT2D eigenvalue weighted by Gasteiger charge is -2.24. The van der Waals surface area contributed by atoms with Crippen LogP contribution < -0.4 is 15.3 Å². The number of methoxy groups -OCH3 is 1. The van der Waals surface area contributed by atoms with E-state index in [9.17, 15) is 9.59 Å². The number of benzene rings is 3. The van der Waals surface area contributed by atoms with Crippen LogP contribution in [0.1, 0.15) is 23.9 Å². The molecule has 5 heteroatoms. The lowest BCUT2D eigenvalue weighted by molar-refractivity contribution is 0.0957. The van der Waals surface area contributed by atoms with Gasteiger partial charge in [0.25, 0.3) is 5.91 Å². The van der Waals surface area contributed by atoms with Gasteiger partial charge in [-0.1, -0.05) is 67.6 Å². The van der Waals surface area contributed by atoms with Crippen LogP contribution in [-0.4, -0.2) is 19.6 Å². The standard InChI is InChI=1S/C26H23NO4/c1-3-17-27(21-15-9-10-16-22(21)30-2)25(28)24-23(18-11-5-4-6-12-18)19-13-7-8-14-20(19)26(29)31-24/h4-16H,3,17H2,1-2H3. The predicted octanol–water partition coefficient (Wildman–Crippen LogP) is 5.53. The smallest absolute Gasteiger partial charge is 0.344 e. The molecule has 1 amide bonds. The Hall–Kier alpha value is -3.86. The lowest BCUT2D eigenvalue weighted by Crippen LogP contribution is -2.33. The van der Waals surface area contributed by atoms with Gasteiger partial charge in [0.1, 0.15) is 5.75 Å². The predicted molar refractivity (Wildman–Crippen MR) is 123 cm³/mol. The molecule has 31 heavy (non-hydrogen) atoms. The average Bonchev–Trinajstić information content (AvgIpc) is 2.82. The summed E-state index contributed by atoms with van der Waals surface area (Å²) in [5, 5.41) is 1.13. The van der Waals surface area contributed by atoms with Gasteiger partial charge < -0.3 is 14.1 Å². The minimum Gasteiger partial charge on any atom is -0.495 e. The van der Waals surface area contributed by atoms with Crippen LogP contribution >= 0.6 is 0 Å². The zero-order chi connectivity index (χ0) is 21.8. The average molecular weight is 413 g/mol. The Morgan fingerprint density at radius 1 is 0.903 bits per heavy atom. The number of nitrogens with zero attached hydrogens (tertiary/aromatic N) is 1. The van der Waals surface area contributed by atoms with E-state index in [-0.39, 0.29) is 11.7 Å². The van der Waals surface area contributed by atoms with E-state index in [1.807, 2.05) is 67.6 Å². The first-order chi connectivity index (χ1) is 15.2. The normalized spacial score (nSPS) is 10.8. The third-order valence-electron chi connectivity index (χ3n) is 5.16. The van der Waals surface area contributed by atoms with Crippen molar-refractivity contribution in [3.05, 3.63) is 95.0 Å². The van der Waals surface area contributed by atoms with Gasteiger partial charge in [-0.15, -0.1) is 0 Å². The minimum atomic E-state index is -0.532. The number of fused-ring (bicyclic) bond motifs is 1. The van der Waals surface area contributed by atoms with Crippen molar-refractivity contribution in [2.45, 2.75) is 13.3 Å². The van der Waals surface area contributed by atoms with Crippen LogP contribution in [-0.2, 0) is 0 Å². The summed E-state index contributed by atoms with van der Waals surface area (Å²) in [6.07, 6.45) is 0.724. The highest BCUT2D eigenvalue weighted by atomic mass is 16.5. The monoisotopic (exact) mass is 413 g/mol. The zero-order valence-corrected chi connectivity index (χ0v) is 17.5. The summed E-state index contributed by atoms with van der Waals surface area (Å²) < 4.78 is 11.2. The topological polar surface area (TPSA) is 59.8 Å². The second kappa shape index (κ2) is 8.88. The molecule has 0 N–H and O–H groups in total. The van der Waals surface area contributed by atoms with E-state index in [1.165, 1.54) is 0 Å². The van der Waals surface area contributed by atoms with Crippen molar-refractivity contribution in [1.82, 2.24) is 0 Å². The highest BCUT2D eigenvalue weighted by Crippen LogP contribution is 2.34. The molecule has 0 saturated carbocycles. The first-order valence-corrected chi connectivity index (χ1v) is 10.2. The van der Waals surface area contributed by atoms with Crippen LogP contribution in [0.3, 0.4) is 0 Å². The summed E-state index contributed by atoms with van der Waals surface area (Å²) in [6.45, 7) is 2.44.